The van der Waals surface area contributed by atoms with E-state index in [-0.39, 0.29) is 29.8 Å². The minimum Gasteiger partial charge on any atom is -0.355 e. The summed E-state index contributed by atoms with van der Waals surface area (Å²) in [6.45, 7) is 3.30. The number of carbonyl (C=O) groups is 2. The molecule has 0 saturated carbocycles. The van der Waals surface area contributed by atoms with Crippen LogP contribution in [0.3, 0.4) is 0 Å². The van der Waals surface area contributed by atoms with Crippen molar-refractivity contribution < 1.29 is 14.5 Å². The van der Waals surface area contributed by atoms with Crippen LogP contribution in [-0.4, -0.2) is 58.0 Å². The summed E-state index contributed by atoms with van der Waals surface area (Å²) in [6.07, 6.45) is 2.47. The summed E-state index contributed by atoms with van der Waals surface area (Å²) >= 11 is 0. The SMILES string of the molecule is CCCc1[nH]nc(C(=O)N2CCCC(C(=O)NCCN)C2)c1[N+](=O)[O-]. The van der Waals surface area contributed by atoms with E-state index >= 15 is 0 Å². The van der Waals surface area contributed by atoms with Gasteiger partial charge in [-0.25, -0.2) is 0 Å². The Hall–Kier alpha value is -2.49. The quantitative estimate of drug-likeness (QED) is 0.471. The van der Waals surface area contributed by atoms with Crippen molar-refractivity contribution in [3.8, 4) is 0 Å². The summed E-state index contributed by atoms with van der Waals surface area (Å²) in [5.41, 5.74) is 5.28. The van der Waals surface area contributed by atoms with E-state index in [2.05, 4.69) is 15.5 Å². The van der Waals surface area contributed by atoms with Gasteiger partial charge < -0.3 is 16.0 Å². The van der Waals surface area contributed by atoms with E-state index in [1.165, 1.54) is 4.90 Å². The number of rotatable bonds is 7. The van der Waals surface area contributed by atoms with Crippen LogP contribution in [0, 0.1) is 16.0 Å². The Morgan fingerprint density at radius 2 is 2.28 bits per heavy atom. The highest BCUT2D eigenvalue weighted by Crippen LogP contribution is 2.26. The maximum Gasteiger partial charge on any atom is 0.322 e. The number of H-pyrrole nitrogens is 1. The molecule has 1 aliphatic heterocycles. The second-order valence-electron chi connectivity index (χ2n) is 6.08. The third-order valence-electron chi connectivity index (χ3n) is 4.22. The van der Waals surface area contributed by atoms with Crippen molar-refractivity contribution in [2.75, 3.05) is 26.2 Å². The molecule has 1 fully saturated rings. The molecule has 0 spiro atoms. The molecule has 1 aliphatic rings. The Kier molecular flexibility index (Phi) is 6.45. The molecule has 1 atom stereocenters. The first-order valence-electron chi connectivity index (χ1n) is 8.48. The molecule has 4 N–H and O–H groups in total. The zero-order valence-corrected chi connectivity index (χ0v) is 14.3. The van der Waals surface area contributed by atoms with Crippen molar-refractivity contribution >= 4 is 17.5 Å². The number of nitrogens with two attached hydrogens (primary N) is 1. The Bertz CT molecular complexity index is 644. The molecule has 10 nitrogen and oxygen atoms in total. The van der Waals surface area contributed by atoms with Gasteiger partial charge in [0.25, 0.3) is 5.91 Å². The van der Waals surface area contributed by atoms with Crippen LogP contribution in [0.15, 0.2) is 0 Å². The van der Waals surface area contributed by atoms with Gasteiger partial charge in [0.1, 0.15) is 5.69 Å². The van der Waals surface area contributed by atoms with Crippen LogP contribution in [0.5, 0.6) is 0 Å². The van der Waals surface area contributed by atoms with Crippen LogP contribution in [0.4, 0.5) is 5.69 Å². The molecule has 0 aliphatic carbocycles. The molecule has 0 aromatic carbocycles. The Morgan fingerprint density at radius 1 is 1.52 bits per heavy atom. The van der Waals surface area contributed by atoms with Crippen LogP contribution >= 0.6 is 0 Å². The smallest absolute Gasteiger partial charge is 0.322 e. The van der Waals surface area contributed by atoms with Gasteiger partial charge in [-0.3, -0.25) is 24.8 Å². The van der Waals surface area contributed by atoms with Gasteiger partial charge in [-0.05, 0) is 19.3 Å². The van der Waals surface area contributed by atoms with E-state index in [1.807, 2.05) is 6.92 Å². The molecule has 1 aromatic rings. The van der Waals surface area contributed by atoms with Crippen molar-refractivity contribution in [3.05, 3.63) is 21.5 Å². The topological polar surface area (TPSA) is 147 Å². The Balaban J connectivity index is 2.14. The molecule has 25 heavy (non-hydrogen) atoms. The van der Waals surface area contributed by atoms with Crippen molar-refractivity contribution in [2.24, 2.45) is 11.7 Å². The van der Waals surface area contributed by atoms with Crippen LogP contribution in [0.25, 0.3) is 0 Å². The van der Waals surface area contributed by atoms with Crippen molar-refractivity contribution in [2.45, 2.75) is 32.6 Å². The van der Waals surface area contributed by atoms with E-state index in [4.69, 9.17) is 5.73 Å². The van der Waals surface area contributed by atoms with Gasteiger partial charge in [0.2, 0.25) is 11.6 Å². The lowest BCUT2D eigenvalue weighted by molar-refractivity contribution is -0.385. The second kappa shape index (κ2) is 8.56. The third-order valence-corrected chi connectivity index (χ3v) is 4.22. The fourth-order valence-corrected chi connectivity index (χ4v) is 3.01. The number of hydrogen-bond acceptors (Lipinski definition) is 6. The van der Waals surface area contributed by atoms with Crippen molar-refractivity contribution in [1.29, 1.82) is 0 Å². The van der Waals surface area contributed by atoms with Gasteiger partial charge >= 0.3 is 5.69 Å². The minimum atomic E-state index is -0.572. The Morgan fingerprint density at radius 3 is 2.92 bits per heavy atom. The number of hydrogen-bond donors (Lipinski definition) is 3. The molecule has 2 rings (SSSR count). The van der Waals surface area contributed by atoms with Gasteiger partial charge in [-0.2, -0.15) is 5.10 Å². The van der Waals surface area contributed by atoms with Crippen molar-refractivity contribution in [1.82, 2.24) is 20.4 Å². The number of nitrogens with one attached hydrogen (secondary N) is 2. The van der Waals surface area contributed by atoms with E-state index in [1.54, 1.807) is 0 Å². The predicted molar refractivity (Wildman–Crippen MR) is 89.9 cm³/mol. The normalized spacial score (nSPS) is 17.4. The number of aromatic amines is 1. The maximum atomic E-state index is 12.7. The van der Waals surface area contributed by atoms with Crippen LogP contribution in [0.2, 0.25) is 0 Å². The van der Waals surface area contributed by atoms with E-state index in [0.29, 0.717) is 51.0 Å². The van der Waals surface area contributed by atoms with Crippen LogP contribution in [-0.2, 0) is 11.2 Å². The number of likely N-dealkylation sites (tertiary alicyclic amines) is 1. The minimum absolute atomic E-state index is 0.147. The molecule has 0 bridgehead atoms. The number of aryl methyl sites for hydroxylation is 1. The second-order valence-corrected chi connectivity index (χ2v) is 6.08. The summed E-state index contributed by atoms with van der Waals surface area (Å²) in [5, 5.41) is 20.6. The van der Waals surface area contributed by atoms with Gasteiger partial charge in [0.15, 0.2) is 0 Å². The summed E-state index contributed by atoms with van der Waals surface area (Å²) in [7, 11) is 0. The van der Waals surface area contributed by atoms with Gasteiger partial charge in [0, 0.05) is 26.2 Å². The number of amides is 2. The van der Waals surface area contributed by atoms with Gasteiger partial charge in [-0.1, -0.05) is 13.3 Å². The number of aromatic nitrogens is 2. The average Bonchev–Trinajstić information content (AvgIpc) is 3.03. The fraction of sp³-hybridized carbons (Fsp3) is 0.667. The molecule has 138 valence electrons. The van der Waals surface area contributed by atoms with Crippen molar-refractivity contribution in [3.63, 3.8) is 0 Å². The molecule has 1 aromatic heterocycles. The van der Waals surface area contributed by atoms with E-state index in [9.17, 15) is 19.7 Å². The third kappa shape index (κ3) is 4.32. The fourth-order valence-electron chi connectivity index (χ4n) is 3.01. The monoisotopic (exact) mass is 352 g/mol. The standard InChI is InChI=1S/C15H24N6O4/c1-2-4-11-13(21(24)25)12(19-18-11)15(23)20-8-3-5-10(9-20)14(22)17-7-6-16/h10H,2-9,16H2,1H3,(H,17,22)(H,18,19). The first kappa shape index (κ1) is 18.8. The van der Waals surface area contributed by atoms with E-state index < -0.39 is 10.8 Å². The highest BCUT2D eigenvalue weighted by Gasteiger charge is 2.35. The number of piperidine rings is 1. The number of nitro groups is 1. The highest BCUT2D eigenvalue weighted by molar-refractivity contribution is 5.97. The zero-order valence-electron chi connectivity index (χ0n) is 14.3. The lowest BCUT2D eigenvalue weighted by Crippen LogP contribution is -2.46. The molecular weight excluding hydrogens is 328 g/mol. The highest BCUT2D eigenvalue weighted by atomic mass is 16.6. The molecule has 1 saturated heterocycles. The maximum absolute atomic E-state index is 12.7. The van der Waals surface area contributed by atoms with E-state index in [0.717, 1.165) is 0 Å². The lowest BCUT2D eigenvalue weighted by Gasteiger charge is -2.31. The summed E-state index contributed by atoms with van der Waals surface area (Å²) in [6, 6.07) is 0. The largest absolute Gasteiger partial charge is 0.355 e. The molecule has 10 heteroatoms. The molecule has 0 radical (unpaired) electrons. The molecular formula is C15H24N6O4. The zero-order chi connectivity index (χ0) is 18.4. The predicted octanol–water partition coefficient (Wildman–Crippen LogP) is 0.198. The first-order chi connectivity index (χ1) is 12.0. The first-order valence-corrected chi connectivity index (χ1v) is 8.48. The summed E-state index contributed by atoms with van der Waals surface area (Å²) in [5.74, 6) is -0.995. The number of carbonyl (C=O) groups excluding carboxylic acids is 2. The lowest BCUT2D eigenvalue weighted by atomic mass is 9.96. The number of nitrogens with zero attached hydrogens (tertiary/aromatic N) is 3. The Labute approximate surface area is 145 Å². The average molecular weight is 352 g/mol. The summed E-state index contributed by atoms with van der Waals surface area (Å²) in [4.78, 5) is 37.1. The summed E-state index contributed by atoms with van der Waals surface area (Å²) < 4.78 is 0. The van der Waals surface area contributed by atoms with Gasteiger partial charge in [0.05, 0.1) is 10.8 Å². The van der Waals surface area contributed by atoms with Crippen LogP contribution in [0.1, 0.15) is 42.4 Å². The molecule has 1 unspecified atom stereocenters. The molecule has 2 heterocycles. The van der Waals surface area contributed by atoms with Crippen LogP contribution < -0.4 is 11.1 Å². The molecule has 2 amide bonds. The van der Waals surface area contributed by atoms with Gasteiger partial charge in [-0.15, -0.1) is 0 Å².